The van der Waals surface area contributed by atoms with Crippen LogP contribution in [0.25, 0.3) is 11.3 Å². The summed E-state index contributed by atoms with van der Waals surface area (Å²) in [5.41, 5.74) is 3.44. The third-order valence-corrected chi connectivity index (χ3v) is 4.07. The average Bonchev–Trinajstić information content (AvgIpc) is 2.54. The summed E-state index contributed by atoms with van der Waals surface area (Å²) in [5, 5.41) is 9.75. The first-order valence-electron chi connectivity index (χ1n) is 7.75. The van der Waals surface area contributed by atoms with E-state index in [2.05, 4.69) is 16.0 Å². The fourth-order valence-electron chi connectivity index (χ4n) is 3.04. The fourth-order valence-corrected chi connectivity index (χ4v) is 3.04. The normalized spacial score (nSPS) is 13.5. The van der Waals surface area contributed by atoms with Crippen LogP contribution in [0.4, 0.5) is 8.78 Å². The van der Waals surface area contributed by atoms with Crippen LogP contribution in [0.5, 0.6) is 0 Å². The smallest absolute Gasteiger partial charge is 0.159 e. The quantitative estimate of drug-likeness (QED) is 0.790. The van der Waals surface area contributed by atoms with Gasteiger partial charge in [-0.3, -0.25) is 9.98 Å². The lowest BCUT2D eigenvalue weighted by molar-refractivity contribution is 0.509. The van der Waals surface area contributed by atoms with Crippen LogP contribution in [-0.2, 0) is 11.8 Å². The molecule has 0 radical (unpaired) electrons. The van der Waals surface area contributed by atoms with Gasteiger partial charge in [0.2, 0.25) is 0 Å². The lowest BCUT2D eigenvalue weighted by Gasteiger charge is -2.27. The highest BCUT2D eigenvalue weighted by atomic mass is 19.2. The van der Waals surface area contributed by atoms with Crippen molar-refractivity contribution in [3.63, 3.8) is 0 Å². The Bertz CT molecular complexity index is 887. The second kappa shape index (κ2) is 5.79. The van der Waals surface area contributed by atoms with Crippen LogP contribution < -0.4 is 0 Å². The molecule has 5 heteroatoms. The van der Waals surface area contributed by atoms with E-state index in [9.17, 15) is 14.0 Å². The van der Waals surface area contributed by atoms with E-state index in [4.69, 9.17) is 0 Å². The number of halogens is 2. The Morgan fingerprint density at radius 2 is 1.92 bits per heavy atom. The minimum Gasteiger partial charge on any atom is -0.292 e. The van der Waals surface area contributed by atoms with Crippen molar-refractivity contribution in [3.05, 3.63) is 52.2 Å². The van der Waals surface area contributed by atoms with Crippen LogP contribution in [-0.4, -0.2) is 17.7 Å². The predicted molar refractivity (Wildman–Crippen MR) is 89.2 cm³/mol. The number of rotatable bonds is 1. The van der Waals surface area contributed by atoms with Gasteiger partial charge in [-0.05, 0) is 29.2 Å². The highest BCUT2D eigenvalue weighted by Gasteiger charge is 2.28. The lowest BCUT2D eigenvalue weighted by Crippen LogP contribution is -2.22. The predicted octanol–water partition coefficient (Wildman–Crippen LogP) is 4.17. The Morgan fingerprint density at radius 1 is 1.17 bits per heavy atom. The molecule has 0 spiro atoms. The zero-order valence-electron chi connectivity index (χ0n) is 13.8. The van der Waals surface area contributed by atoms with Crippen molar-refractivity contribution in [2.75, 3.05) is 6.54 Å². The van der Waals surface area contributed by atoms with E-state index < -0.39 is 11.6 Å². The summed E-state index contributed by atoms with van der Waals surface area (Å²) >= 11 is 0. The molecule has 0 unspecified atom stereocenters. The molecule has 0 amide bonds. The molecule has 0 N–H and O–H groups in total. The van der Waals surface area contributed by atoms with Crippen molar-refractivity contribution in [1.82, 2.24) is 4.98 Å². The van der Waals surface area contributed by atoms with E-state index in [0.29, 0.717) is 29.8 Å². The van der Waals surface area contributed by atoms with Crippen LogP contribution >= 0.6 is 0 Å². The first-order chi connectivity index (χ1) is 11.3. The Kier molecular flexibility index (Phi) is 3.92. The number of nitrogens with zero attached hydrogens (tertiary/aromatic N) is 3. The van der Waals surface area contributed by atoms with Crippen LogP contribution in [0.15, 0.2) is 23.2 Å². The van der Waals surface area contributed by atoms with E-state index in [1.54, 1.807) is 6.21 Å². The van der Waals surface area contributed by atoms with Gasteiger partial charge in [-0.15, -0.1) is 0 Å². The van der Waals surface area contributed by atoms with Gasteiger partial charge in [0.1, 0.15) is 6.07 Å². The molecule has 0 bridgehead atoms. The maximum absolute atomic E-state index is 13.7. The number of nitriles is 1. The number of pyridine rings is 1. The first-order valence-corrected chi connectivity index (χ1v) is 7.75. The second-order valence-electron chi connectivity index (χ2n) is 6.85. The van der Waals surface area contributed by atoms with Crippen molar-refractivity contribution in [3.8, 4) is 17.3 Å². The summed E-state index contributed by atoms with van der Waals surface area (Å²) < 4.78 is 26.9. The number of hydrogen-bond acceptors (Lipinski definition) is 3. The molecule has 0 fully saturated rings. The standard InChI is InChI=1S/C19H17F2N3/c1-19(2,3)17-12(9-22)18(11-4-5-14(20)15(21)8-11)24-16-6-7-23-10-13(16)17/h4-5,8,10H,6-7H2,1-3H3. The molecule has 2 heterocycles. The van der Waals surface area contributed by atoms with Crippen molar-refractivity contribution >= 4 is 6.21 Å². The van der Waals surface area contributed by atoms with E-state index in [1.165, 1.54) is 6.07 Å². The van der Waals surface area contributed by atoms with Gasteiger partial charge >= 0.3 is 0 Å². The van der Waals surface area contributed by atoms with Gasteiger partial charge in [-0.1, -0.05) is 20.8 Å². The van der Waals surface area contributed by atoms with Crippen molar-refractivity contribution < 1.29 is 8.78 Å². The number of aliphatic imine (C=N–C) groups is 1. The third-order valence-electron chi connectivity index (χ3n) is 4.07. The summed E-state index contributed by atoms with van der Waals surface area (Å²) in [7, 11) is 0. The van der Waals surface area contributed by atoms with E-state index in [-0.39, 0.29) is 5.41 Å². The zero-order chi connectivity index (χ0) is 17.5. The minimum absolute atomic E-state index is 0.311. The van der Waals surface area contributed by atoms with Gasteiger partial charge in [-0.25, -0.2) is 8.78 Å². The number of fused-ring (bicyclic) bond motifs is 1. The molecule has 1 aromatic heterocycles. The Hall–Kier alpha value is -2.61. The molecule has 1 aliphatic rings. The number of aromatic nitrogens is 1. The van der Waals surface area contributed by atoms with Gasteiger partial charge in [0.05, 0.1) is 17.0 Å². The maximum atomic E-state index is 13.7. The monoisotopic (exact) mass is 325 g/mol. The summed E-state index contributed by atoms with van der Waals surface area (Å²) in [6.07, 6.45) is 2.43. The van der Waals surface area contributed by atoms with Gasteiger partial charge in [0, 0.05) is 30.3 Å². The summed E-state index contributed by atoms with van der Waals surface area (Å²) in [4.78, 5) is 8.91. The largest absolute Gasteiger partial charge is 0.292 e. The molecule has 1 aromatic carbocycles. The SMILES string of the molecule is CC(C)(C)c1c(C#N)c(-c2ccc(F)c(F)c2)nc2c1C=NCC2. The summed E-state index contributed by atoms with van der Waals surface area (Å²) in [5.74, 6) is -1.87. The highest BCUT2D eigenvalue weighted by molar-refractivity contribution is 5.88. The van der Waals surface area contributed by atoms with E-state index in [0.717, 1.165) is 29.0 Å². The van der Waals surface area contributed by atoms with Crippen molar-refractivity contribution in [2.24, 2.45) is 4.99 Å². The molecule has 0 saturated heterocycles. The van der Waals surface area contributed by atoms with Crippen LogP contribution in [0.3, 0.4) is 0 Å². The molecule has 1 aliphatic heterocycles. The van der Waals surface area contributed by atoms with Gasteiger partial charge < -0.3 is 0 Å². The molecule has 0 saturated carbocycles. The fraction of sp³-hybridized carbons (Fsp3) is 0.316. The molecular weight excluding hydrogens is 308 g/mol. The molecule has 0 atom stereocenters. The van der Waals surface area contributed by atoms with Gasteiger partial charge in [0.25, 0.3) is 0 Å². The van der Waals surface area contributed by atoms with Crippen molar-refractivity contribution in [1.29, 1.82) is 5.26 Å². The molecule has 2 aromatic rings. The third kappa shape index (κ3) is 2.69. The van der Waals surface area contributed by atoms with E-state index in [1.807, 2.05) is 20.8 Å². The van der Waals surface area contributed by atoms with Gasteiger partial charge in [0.15, 0.2) is 11.6 Å². The Labute approximate surface area is 139 Å². The minimum atomic E-state index is -0.949. The van der Waals surface area contributed by atoms with Crippen LogP contribution in [0, 0.1) is 23.0 Å². The molecule has 122 valence electrons. The van der Waals surface area contributed by atoms with E-state index >= 15 is 0 Å². The molecule has 3 rings (SSSR count). The maximum Gasteiger partial charge on any atom is 0.159 e. The Morgan fingerprint density at radius 3 is 2.54 bits per heavy atom. The summed E-state index contributed by atoms with van der Waals surface area (Å²) in [6, 6.07) is 5.82. The number of benzene rings is 1. The molecular formula is C19H17F2N3. The summed E-state index contributed by atoms with van der Waals surface area (Å²) in [6.45, 7) is 6.68. The van der Waals surface area contributed by atoms with Crippen LogP contribution in [0.2, 0.25) is 0 Å². The highest BCUT2D eigenvalue weighted by Crippen LogP contribution is 2.36. The molecule has 3 nitrogen and oxygen atoms in total. The number of hydrogen-bond donors (Lipinski definition) is 0. The van der Waals surface area contributed by atoms with Crippen molar-refractivity contribution in [2.45, 2.75) is 32.6 Å². The van der Waals surface area contributed by atoms with Crippen LogP contribution in [0.1, 0.15) is 43.2 Å². The Balaban J connectivity index is 2.37. The topological polar surface area (TPSA) is 49.0 Å². The molecule has 0 aliphatic carbocycles. The second-order valence-corrected chi connectivity index (χ2v) is 6.85. The van der Waals surface area contributed by atoms with Gasteiger partial charge in [-0.2, -0.15) is 5.26 Å². The molecule has 24 heavy (non-hydrogen) atoms. The first kappa shape index (κ1) is 16.3. The lowest BCUT2D eigenvalue weighted by atomic mass is 9.79. The average molecular weight is 325 g/mol. The zero-order valence-corrected chi connectivity index (χ0v) is 13.8.